The van der Waals surface area contributed by atoms with Gasteiger partial charge >= 0.3 is 5.97 Å². The van der Waals surface area contributed by atoms with Gasteiger partial charge in [-0.25, -0.2) is 4.79 Å². The normalized spacial score (nSPS) is 16.2. The van der Waals surface area contributed by atoms with Gasteiger partial charge in [-0.1, -0.05) is 6.08 Å². The molecule has 0 aromatic carbocycles. The molecule has 0 atom stereocenters. The standard InChI is InChI=1S/C6H9NO2.ClH/c8-6(9)5-3-1-2-4-7-5;/h3,7H,1-2,4H2,(H,8,9);1H. The molecule has 0 saturated carbocycles. The molecule has 0 unspecified atom stereocenters. The summed E-state index contributed by atoms with van der Waals surface area (Å²) in [5.41, 5.74) is 0.348. The lowest BCUT2D eigenvalue weighted by Gasteiger charge is -2.10. The third-order valence-corrected chi connectivity index (χ3v) is 1.28. The summed E-state index contributed by atoms with van der Waals surface area (Å²) in [6.07, 6.45) is 3.64. The Morgan fingerprint density at radius 1 is 1.70 bits per heavy atom. The third-order valence-electron chi connectivity index (χ3n) is 1.28. The van der Waals surface area contributed by atoms with Gasteiger partial charge < -0.3 is 10.4 Å². The minimum absolute atomic E-state index is 0. The molecule has 0 saturated heterocycles. The summed E-state index contributed by atoms with van der Waals surface area (Å²) in [6.45, 7) is 0.790. The summed E-state index contributed by atoms with van der Waals surface area (Å²) in [5, 5.41) is 11.2. The minimum Gasteiger partial charge on any atom is -0.477 e. The van der Waals surface area contributed by atoms with E-state index in [9.17, 15) is 4.79 Å². The summed E-state index contributed by atoms with van der Waals surface area (Å²) in [7, 11) is 0. The van der Waals surface area contributed by atoms with Crippen molar-refractivity contribution in [2.24, 2.45) is 0 Å². The van der Waals surface area contributed by atoms with Gasteiger partial charge in [-0.2, -0.15) is 0 Å². The number of allylic oxidation sites excluding steroid dienone is 1. The van der Waals surface area contributed by atoms with Crippen LogP contribution in [0.15, 0.2) is 11.8 Å². The maximum absolute atomic E-state index is 10.2. The molecule has 0 aliphatic carbocycles. The van der Waals surface area contributed by atoms with Crippen LogP contribution in [0.4, 0.5) is 0 Å². The molecule has 1 aliphatic heterocycles. The number of carboxylic acid groups (broad SMARTS) is 1. The average molecular weight is 164 g/mol. The minimum atomic E-state index is -0.852. The van der Waals surface area contributed by atoms with Gasteiger partial charge in [0.15, 0.2) is 0 Å². The van der Waals surface area contributed by atoms with E-state index in [0.717, 1.165) is 19.4 Å². The second-order valence-corrected chi connectivity index (χ2v) is 1.99. The Morgan fingerprint density at radius 2 is 2.40 bits per heavy atom. The van der Waals surface area contributed by atoms with E-state index >= 15 is 0 Å². The van der Waals surface area contributed by atoms with E-state index in [1.54, 1.807) is 6.08 Å². The molecule has 0 radical (unpaired) electrons. The molecule has 10 heavy (non-hydrogen) atoms. The molecule has 1 aliphatic rings. The lowest BCUT2D eigenvalue weighted by molar-refractivity contribution is -0.133. The van der Waals surface area contributed by atoms with Crippen LogP contribution >= 0.6 is 12.4 Å². The molecule has 1 rings (SSSR count). The molecule has 0 aromatic rings. The first kappa shape index (κ1) is 9.30. The van der Waals surface area contributed by atoms with Crippen molar-refractivity contribution in [3.63, 3.8) is 0 Å². The van der Waals surface area contributed by atoms with E-state index in [0.29, 0.717) is 5.70 Å². The predicted molar refractivity (Wildman–Crippen MR) is 40.2 cm³/mol. The summed E-state index contributed by atoms with van der Waals surface area (Å²) in [5.74, 6) is -0.852. The largest absolute Gasteiger partial charge is 0.477 e. The van der Waals surface area contributed by atoms with Crippen molar-refractivity contribution in [3.05, 3.63) is 11.8 Å². The zero-order valence-corrected chi connectivity index (χ0v) is 6.28. The van der Waals surface area contributed by atoms with Crippen molar-refractivity contribution in [1.82, 2.24) is 5.32 Å². The first-order valence-corrected chi connectivity index (χ1v) is 2.98. The molecule has 58 valence electrons. The molecule has 2 N–H and O–H groups in total. The highest BCUT2D eigenvalue weighted by molar-refractivity contribution is 5.86. The molecule has 0 bridgehead atoms. The molecule has 3 nitrogen and oxygen atoms in total. The van der Waals surface area contributed by atoms with Crippen molar-refractivity contribution in [3.8, 4) is 0 Å². The van der Waals surface area contributed by atoms with E-state index in [2.05, 4.69) is 5.32 Å². The Morgan fingerprint density at radius 3 is 2.70 bits per heavy atom. The molecule has 0 spiro atoms. The predicted octanol–water partition coefficient (Wildman–Crippen LogP) is 0.760. The number of hydrogen-bond acceptors (Lipinski definition) is 2. The quantitative estimate of drug-likeness (QED) is 0.600. The Hall–Kier alpha value is -0.700. The summed E-state index contributed by atoms with van der Waals surface area (Å²) in [4.78, 5) is 10.2. The molecule has 0 amide bonds. The third kappa shape index (κ3) is 2.27. The zero-order valence-electron chi connectivity index (χ0n) is 5.46. The topological polar surface area (TPSA) is 49.3 Å². The number of carbonyl (C=O) groups is 1. The summed E-state index contributed by atoms with van der Waals surface area (Å²) >= 11 is 0. The Labute approximate surface area is 65.5 Å². The molecule has 4 heteroatoms. The van der Waals surface area contributed by atoms with E-state index in [4.69, 9.17) is 5.11 Å². The first-order chi connectivity index (χ1) is 4.30. The fourth-order valence-electron chi connectivity index (χ4n) is 0.807. The molecule has 1 heterocycles. The van der Waals surface area contributed by atoms with E-state index in [1.165, 1.54) is 0 Å². The van der Waals surface area contributed by atoms with Gasteiger partial charge in [0.1, 0.15) is 5.70 Å². The molecular formula is C6H10ClNO2. The van der Waals surface area contributed by atoms with Crippen LogP contribution in [0.1, 0.15) is 12.8 Å². The first-order valence-electron chi connectivity index (χ1n) is 2.98. The summed E-state index contributed by atoms with van der Waals surface area (Å²) < 4.78 is 0. The van der Waals surface area contributed by atoms with Gasteiger partial charge in [0.05, 0.1) is 0 Å². The van der Waals surface area contributed by atoms with Crippen molar-refractivity contribution < 1.29 is 9.90 Å². The van der Waals surface area contributed by atoms with Crippen LogP contribution < -0.4 is 5.32 Å². The van der Waals surface area contributed by atoms with Crippen molar-refractivity contribution in [2.75, 3.05) is 6.54 Å². The Kier molecular flexibility index (Phi) is 3.88. The maximum atomic E-state index is 10.2. The van der Waals surface area contributed by atoms with Crippen molar-refractivity contribution >= 4 is 18.4 Å². The van der Waals surface area contributed by atoms with Crippen LogP contribution in [0, 0.1) is 0 Å². The van der Waals surface area contributed by atoms with Gasteiger partial charge in [-0.05, 0) is 12.8 Å². The van der Waals surface area contributed by atoms with Gasteiger partial charge in [-0.15, -0.1) is 12.4 Å². The van der Waals surface area contributed by atoms with Crippen molar-refractivity contribution in [2.45, 2.75) is 12.8 Å². The molecule has 0 fully saturated rings. The zero-order chi connectivity index (χ0) is 6.69. The van der Waals surface area contributed by atoms with Crippen LogP contribution in [0.2, 0.25) is 0 Å². The summed E-state index contributed by atoms with van der Waals surface area (Å²) in [6, 6.07) is 0. The van der Waals surface area contributed by atoms with Gasteiger partial charge in [0.2, 0.25) is 0 Å². The monoisotopic (exact) mass is 163 g/mol. The second-order valence-electron chi connectivity index (χ2n) is 1.99. The molecular weight excluding hydrogens is 154 g/mol. The highest BCUT2D eigenvalue weighted by atomic mass is 35.5. The fourth-order valence-corrected chi connectivity index (χ4v) is 0.807. The highest BCUT2D eigenvalue weighted by Gasteiger charge is 2.07. The maximum Gasteiger partial charge on any atom is 0.351 e. The SMILES string of the molecule is Cl.O=C(O)C1=CCCCN1. The Bertz CT molecular complexity index is 156. The number of aliphatic carboxylic acids is 1. The van der Waals surface area contributed by atoms with Crippen LogP contribution in [0.5, 0.6) is 0 Å². The van der Waals surface area contributed by atoms with E-state index < -0.39 is 5.97 Å². The number of halogens is 1. The fraction of sp³-hybridized carbons (Fsp3) is 0.500. The smallest absolute Gasteiger partial charge is 0.351 e. The second kappa shape index (κ2) is 4.17. The van der Waals surface area contributed by atoms with Gasteiger partial charge in [0, 0.05) is 6.54 Å². The number of nitrogens with one attached hydrogen (secondary N) is 1. The van der Waals surface area contributed by atoms with Crippen LogP contribution in [0.25, 0.3) is 0 Å². The highest BCUT2D eigenvalue weighted by Crippen LogP contribution is 2.01. The van der Waals surface area contributed by atoms with Gasteiger partial charge in [-0.3, -0.25) is 0 Å². The lowest BCUT2D eigenvalue weighted by atomic mass is 10.2. The lowest BCUT2D eigenvalue weighted by Crippen LogP contribution is -2.24. The number of rotatable bonds is 1. The average Bonchev–Trinajstić information content (AvgIpc) is 1.90. The van der Waals surface area contributed by atoms with E-state index in [-0.39, 0.29) is 12.4 Å². The van der Waals surface area contributed by atoms with Crippen LogP contribution in [0.3, 0.4) is 0 Å². The molecule has 0 aromatic heterocycles. The van der Waals surface area contributed by atoms with Crippen molar-refractivity contribution in [1.29, 1.82) is 0 Å². The van der Waals surface area contributed by atoms with E-state index in [1.807, 2.05) is 0 Å². The Balaban J connectivity index is 0.000000810. The van der Waals surface area contributed by atoms with Gasteiger partial charge in [0.25, 0.3) is 0 Å². The van der Waals surface area contributed by atoms with Crippen LogP contribution in [-0.4, -0.2) is 17.6 Å². The van der Waals surface area contributed by atoms with Crippen LogP contribution in [-0.2, 0) is 4.79 Å². The number of carboxylic acids is 1. The number of hydrogen-bond donors (Lipinski definition) is 2.